The van der Waals surface area contributed by atoms with Crippen molar-refractivity contribution in [3.8, 4) is 34.4 Å². The molecule has 3 N–H and O–H groups in total. The van der Waals surface area contributed by atoms with Crippen LogP contribution in [0.1, 0.15) is 65.7 Å². The maximum Gasteiger partial charge on any atom is 0.142 e. The summed E-state index contributed by atoms with van der Waals surface area (Å²) in [6.07, 6.45) is 6.25. The first-order valence-electron chi connectivity index (χ1n) is 17.4. The number of fused-ring (bicyclic) bond motifs is 1. The fourth-order valence-corrected chi connectivity index (χ4v) is 7.00. The average Bonchev–Trinajstić information content (AvgIpc) is 3.75. The maximum absolute atomic E-state index is 9.80. The zero-order chi connectivity index (χ0) is 35.0. The number of nitrogens with one attached hydrogen (secondary N) is 1. The summed E-state index contributed by atoms with van der Waals surface area (Å²) >= 11 is 6.84. The van der Waals surface area contributed by atoms with Crippen LogP contribution in [0.3, 0.4) is 0 Å². The minimum atomic E-state index is -0.200. The molecule has 6 rings (SSSR count). The van der Waals surface area contributed by atoms with E-state index in [-0.39, 0.29) is 31.5 Å². The molecule has 2 heterocycles. The van der Waals surface area contributed by atoms with Gasteiger partial charge in [0, 0.05) is 61.8 Å². The second-order valence-electron chi connectivity index (χ2n) is 13.2. The predicted molar refractivity (Wildman–Crippen MR) is 194 cm³/mol. The molecule has 0 saturated carbocycles. The quantitative estimate of drug-likeness (QED) is 0.119. The van der Waals surface area contributed by atoms with Crippen LogP contribution in [0.15, 0.2) is 67.0 Å². The van der Waals surface area contributed by atoms with Crippen molar-refractivity contribution in [1.82, 2.24) is 15.2 Å². The molecule has 1 unspecified atom stereocenters. The van der Waals surface area contributed by atoms with Gasteiger partial charge in [-0.2, -0.15) is 5.26 Å². The van der Waals surface area contributed by atoms with Gasteiger partial charge in [0.2, 0.25) is 0 Å². The third-order valence-corrected chi connectivity index (χ3v) is 9.83. The molecule has 1 aromatic heterocycles. The second-order valence-corrected chi connectivity index (χ2v) is 13.6. The molecule has 0 spiro atoms. The number of aromatic nitrogens is 1. The van der Waals surface area contributed by atoms with Crippen LogP contribution in [0, 0.1) is 18.3 Å². The minimum absolute atomic E-state index is 0.00293. The Balaban J connectivity index is 1.19. The van der Waals surface area contributed by atoms with E-state index < -0.39 is 0 Å². The Morgan fingerprint density at radius 1 is 1.06 bits per heavy atom. The summed E-state index contributed by atoms with van der Waals surface area (Å²) < 4.78 is 19.2. The van der Waals surface area contributed by atoms with Crippen molar-refractivity contribution in [2.24, 2.45) is 0 Å². The molecule has 10 heteroatoms. The highest BCUT2D eigenvalue weighted by Crippen LogP contribution is 2.44. The van der Waals surface area contributed by atoms with Gasteiger partial charge in [-0.15, -0.1) is 0 Å². The van der Waals surface area contributed by atoms with Gasteiger partial charge in [-0.3, -0.25) is 4.98 Å². The lowest BCUT2D eigenvalue weighted by Crippen LogP contribution is -2.28. The standard InChI is InChI=1S/C40H45ClN4O5/c1-26(24-46)44-22-30-17-36(41)40(18-39(30)49-25-29-16-28(19-42)20-43-21-29)50-38-11-10-34-33(7-3-8-35(34)38)32-6-4-9-37(27(32)2)48-15-5-13-45-14-12-31(47)23-45/h3-4,6-9,16-18,20-21,26,31,38,44,46-47H,5,10-15,22-25H2,1-2H3/t26-,31-,38?/m1/s1. The third-order valence-electron chi connectivity index (χ3n) is 9.53. The van der Waals surface area contributed by atoms with E-state index in [0.717, 1.165) is 78.9 Å². The van der Waals surface area contributed by atoms with Crippen molar-refractivity contribution in [2.45, 2.75) is 70.9 Å². The van der Waals surface area contributed by atoms with Crippen molar-refractivity contribution in [3.63, 3.8) is 0 Å². The molecule has 3 atom stereocenters. The Bertz CT molecular complexity index is 1830. The number of nitriles is 1. The van der Waals surface area contributed by atoms with Crippen LogP contribution in [-0.2, 0) is 19.6 Å². The zero-order valence-electron chi connectivity index (χ0n) is 28.7. The van der Waals surface area contributed by atoms with Gasteiger partial charge in [0.25, 0.3) is 0 Å². The molecule has 262 valence electrons. The number of aliphatic hydroxyl groups excluding tert-OH is 2. The highest BCUT2D eigenvalue weighted by molar-refractivity contribution is 6.32. The summed E-state index contributed by atoms with van der Waals surface area (Å²) in [6, 6.07) is 20.1. The summed E-state index contributed by atoms with van der Waals surface area (Å²) in [4.78, 5) is 6.45. The number of likely N-dealkylation sites (tertiary alicyclic amines) is 1. The highest BCUT2D eigenvalue weighted by Gasteiger charge is 2.28. The molecular formula is C40H45ClN4O5. The first-order chi connectivity index (χ1) is 24.3. The van der Waals surface area contributed by atoms with Crippen molar-refractivity contribution >= 4 is 11.6 Å². The number of benzene rings is 3. The van der Waals surface area contributed by atoms with Crippen LogP contribution in [0.25, 0.3) is 11.1 Å². The SMILES string of the molecule is Cc1c(OCCCN2CC[C@@H](O)C2)cccc1-c1cccc2c1CCC2Oc1cc(OCc2cncc(C#N)c2)c(CN[C@H](C)CO)cc1Cl. The number of halogens is 1. The summed E-state index contributed by atoms with van der Waals surface area (Å²) in [5.74, 6) is 2.02. The lowest BCUT2D eigenvalue weighted by atomic mass is 9.93. The van der Waals surface area contributed by atoms with E-state index in [4.69, 9.17) is 25.8 Å². The van der Waals surface area contributed by atoms with Gasteiger partial charge in [-0.1, -0.05) is 41.9 Å². The molecule has 50 heavy (non-hydrogen) atoms. The number of nitrogens with zero attached hydrogens (tertiary/aromatic N) is 3. The fourth-order valence-electron chi connectivity index (χ4n) is 6.77. The van der Waals surface area contributed by atoms with Crippen molar-refractivity contribution < 1.29 is 24.4 Å². The molecule has 1 saturated heterocycles. The van der Waals surface area contributed by atoms with Crippen LogP contribution >= 0.6 is 11.6 Å². The third kappa shape index (κ3) is 8.58. The first kappa shape index (κ1) is 35.6. The van der Waals surface area contributed by atoms with Crippen LogP contribution in [0.2, 0.25) is 5.02 Å². The molecule has 0 bridgehead atoms. The number of β-amino-alcohol motifs (C(OH)–C–C–N with tert-alkyl or cyclic N) is 1. The molecule has 1 aliphatic carbocycles. The summed E-state index contributed by atoms with van der Waals surface area (Å²) in [5.41, 5.74) is 7.92. The normalized spacial score (nSPS) is 17.7. The lowest BCUT2D eigenvalue weighted by Gasteiger charge is -2.20. The molecule has 1 aliphatic heterocycles. The summed E-state index contributed by atoms with van der Waals surface area (Å²) in [5, 5.41) is 32.4. The van der Waals surface area contributed by atoms with E-state index in [1.165, 1.54) is 17.3 Å². The zero-order valence-corrected chi connectivity index (χ0v) is 29.5. The number of hydrogen-bond acceptors (Lipinski definition) is 9. The lowest BCUT2D eigenvalue weighted by molar-refractivity contribution is 0.173. The smallest absolute Gasteiger partial charge is 0.142 e. The minimum Gasteiger partial charge on any atom is -0.493 e. The summed E-state index contributed by atoms with van der Waals surface area (Å²) in [6.45, 7) is 7.94. The Labute approximate surface area is 299 Å². The molecule has 2 aliphatic rings. The number of rotatable bonds is 15. The van der Waals surface area contributed by atoms with Crippen molar-refractivity contribution in [1.29, 1.82) is 5.26 Å². The van der Waals surface area contributed by atoms with E-state index >= 15 is 0 Å². The molecule has 0 amide bonds. The molecule has 9 nitrogen and oxygen atoms in total. The van der Waals surface area contributed by atoms with E-state index in [2.05, 4.69) is 58.5 Å². The van der Waals surface area contributed by atoms with Gasteiger partial charge in [0.1, 0.15) is 36.0 Å². The van der Waals surface area contributed by atoms with E-state index in [1.54, 1.807) is 12.3 Å². The van der Waals surface area contributed by atoms with E-state index in [0.29, 0.717) is 35.2 Å². The molecular weight excluding hydrogens is 652 g/mol. The summed E-state index contributed by atoms with van der Waals surface area (Å²) in [7, 11) is 0. The highest BCUT2D eigenvalue weighted by atomic mass is 35.5. The van der Waals surface area contributed by atoms with Gasteiger partial charge in [-0.05, 0) is 85.5 Å². The van der Waals surface area contributed by atoms with Crippen molar-refractivity contribution in [3.05, 3.63) is 105 Å². The largest absolute Gasteiger partial charge is 0.493 e. The number of aliphatic hydroxyl groups is 2. The molecule has 1 fully saturated rings. The maximum atomic E-state index is 9.80. The Hall–Kier alpha value is -4.17. The van der Waals surface area contributed by atoms with Gasteiger partial charge in [0.05, 0.1) is 29.9 Å². The van der Waals surface area contributed by atoms with Crippen LogP contribution in [0.5, 0.6) is 17.2 Å². The average molecular weight is 697 g/mol. The topological polar surface area (TPSA) is 120 Å². The second kappa shape index (κ2) is 16.7. The predicted octanol–water partition coefficient (Wildman–Crippen LogP) is 6.53. The first-order valence-corrected chi connectivity index (χ1v) is 17.8. The number of hydrogen-bond donors (Lipinski definition) is 3. The Morgan fingerprint density at radius 3 is 2.70 bits per heavy atom. The van der Waals surface area contributed by atoms with Gasteiger partial charge in [-0.25, -0.2) is 0 Å². The van der Waals surface area contributed by atoms with Crippen LogP contribution in [0.4, 0.5) is 0 Å². The molecule has 3 aromatic carbocycles. The number of ether oxygens (including phenoxy) is 3. The van der Waals surface area contributed by atoms with E-state index in [9.17, 15) is 15.5 Å². The van der Waals surface area contributed by atoms with Crippen molar-refractivity contribution in [2.75, 3.05) is 32.8 Å². The van der Waals surface area contributed by atoms with E-state index in [1.807, 2.05) is 25.1 Å². The molecule has 0 radical (unpaired) electrons. The van der Waals surface area contributed by atoms with Gasteiger partial charge < -0.3 is 34.6 Å². The Morgan fingerprint density at radius 2 is 1.90 bits per heavy atom. The molecule has 4 aromatic rings. The monoisotopic (exact) mass is 696 g/mol. The number of pyridine rings is 1. The fraction of sp³-hybridized carbons (Fsp3) is 0.400. The van der Waals surface area contributed by atoms with Crippen LogP contribution < -0.4 is 19.5 Å². The van der Waals surface area contributed by atoms with Gasteiger partial charge in [0.15, 0.2) is 0 Å². The van der Waals surface area contributed by atoms with Gasteiger partial charge >= 0.3 is 0 Å². The van der Waals surface area contributed by atoms with Crippen LogP contribution in [-0.4, -0.2) is 65.1 Å². The Kier molecular flexibility index (Phi) is 11.9.